The van der Waals surface area contributed by atoms with Gasteiger partial charge in [0.2, 0.25) is 0 Å². The largest absolute Gasteiger partial charge is 0.466 e. The summed E-state index contributed by atoms with van der Waals surface area (Å²) >= 11 is 0. The first kappa shape index (κ1) is 13.9. The Labute approximate surface area is 115 Å². The summed E-state index contributed by atoms with van der Waals surface area (Å²) in [6.45, 7) is 11.5. The molecule has 0 aliphatic heterocycles. The molecule has 1 aromatic heterocycles. The van der Waals surface area contributed by atoms with Crippen molar-refractivity contribution in [2.45, 2.75) is 40.7 Å². The number of aryl methyl sites for hydroxylation is 3. The van der Waals surface area contributed by atoms with E-state index in [9.17, 15) is 0 Å². The maximum atomic E-state index is 5.79. The van der Waals surface area contributed by atoms with Crippen LogP contribution in [-0.2, 0) is 0 Å². The molecule has 0 amide bonds. The minimum absolute atomic E-state index is 0.212. The molecule has 19 heavy (non-hydrogen) atoms. The van der Waals surface area contributed by atoms with Crippen LogP contribution in [0.5, 0.6) is 0 Å². The van der Waals surface area contributed by atoms with E-state index in [1.807, 2.05) is 6.92 Å². The SMILES string of the molecule is CCNC(c1ccccc1C)c1c(C)oc(C)c1C. The number of hydrogen-bond acceptors (Lipinski definition) is 2. The quantitative estimate of drug-likeness (QED) is 0.887. The maximum absolute atomic E-state index is 5.79. The lowest BCUT2D eigenvalue weighted by Crippen LogP contribution is -2.23. The predicted octanol–water partition coefficient (Wildman–Crippen LogP) is 4.21. The van der Waals surface area contributed by atoms with Crippen LogP contribution in [-0.4, -0.2) is 6.54 Å². The van der Waals surface area contributed by atoms with Crippen molar-refractivity contribution < 1.29 is 4.42 Å². The Morgan fingerprint density at radius 1 is 1.05 bits per heavy atom. The zero-order valence-electron chi connectivity index (χ0n) is 12.5. The van der Waals surface area contributed by atoms with Crippen molar-refractivity contribution >= 4 is 0 Å². The molecular weight excluding hydrogens is 234 g/mol. The minimum Gasteiger partial charge on any atom is -0.466 e. The van der Waals surface area contributed by atoms with Crippen molar-refractivity contribution in [3.8, 4) is 0 Å². The average molecular weight is 257 g/mol. The summed E-state index contributed by atoms with van der Waals surface area (Å²) in [5, 5.41) is 3.59. The van der Waals surface area contributed by atoms with Gasteiger partial charge in [-0.25, -0.2) is 0 Å². The van der Waals surface area contributed by atoms with Gasteiger partial charge < -0.3 is 9.73 Å². The fraction of sp³-hybridized carbons (Fsp3) is 0.412. The standard InChI is InChI=1S/C17H23NO/c1-6-18-17(15-10-8-7-9-11(15)2)16-12(3)13(4)19-14(16)5/h7-10,17-18H,6H2,1-5H3. The summed E-state index contributed by atoms with van der Waals surface area (Å²) < 4.78 is 5.79. The molecule has 0 bridgehead atoms. The molecule has 2 aromatic rings. The maximum Gasteiger partial charge on any atom is 0.106 e. The molecule has 2 rings (SSSR count). The molecule has 2 heteroatoms. The average Bonchev–Trinajstić information content (AvgIpc) is 2.62. The summed E-state index contributed by atoms with van der Waals surface area (Å²) in [6.07, 6.45) is 0. The van der Waals surface area contributed by atoms with Gasteiger partial charge in [-0.3, -0.25) is 0 Å². The first-order valence-corrected chi connectivity index (χ1v) is 6.91. The molecule has 1 unspecified atom stereocenters. The Bertz CT molecular complexity index is 569. The van der Waals surface area contributed by atoms with E-state index in [0.29, 0.717) is 0 Å². The second-order valence-electron chi connectivity index (χ2n) is 5.10. The summed E-state index contributed by atoms with van der Waals surface area (Å²) in [7, 11) is 0. The smallest absolute Gasteiger partial charge is 0.106 e. The van der Waals surface area contributed by atoms with Crippen LogP contribution < -0.4 is 5.32 Å². The fourth-order valence-corrected chi connectivity index (χ4v) is 2.72. The number of nitrogens with one attached hydrogen (secondary N) is 1. The molecule has 1 N–H and O–H groups in total. The van der Waals surface area contributed by atoms with Crippen LogP contribution in [0.1, 0.15) is 46.7 Å². The topological polar surface area (TPSA) is 25.2 Å². The van der Waals surface area contributed by atoms with Gasteiger partial charge in [0.25, 0.3) is 0 Å². The van der Waals surface area contributed by atoms with Gasteiger partial charge in [0.15, 0.2) is 0 Å². The first-order chi connectivity index (χ1) is 9.06. The third-order valence-corrected chi connectivity index (χ3v) is 3.81. The number of hydrogen-bond donors (Lipinski definition) is 1. The van der Waals surface area contributed by atoms with E-state index in [-0.39, 0.29) is 6.04 Å². The molecule has 0 fully saturated rings. The highest BCUT2D eigenvalue weighted by molar-refractivity contribution is 5.43. The highest BCUT2D eigenvalue weighted by Crippen LogP contribution is 2.32. The molecule has 2 nitrogen and oxygen atoms in total. The fourth-order valence-electron chi connectivity index (χ4n) is 2.72. The van der Waals surface area contributed by atoms with Crippen LogP contribution in [0.2, 0.25) is 0 Å². The van der Waals surface area contributed by atoms with Gasteiger partial charge in [0.1, 0.15) is 11.5 Å². The molecule has 0 aliphatic rings. The lowest BCUT2D eigenvalue weighted by Gasteiger charge is -2.21. The van der Waals surface area contributed by atoms with Crippen molar-refractivity contribution in [3.05, 3.63) is 58.0 Å². The summed E-state index contributed by atoms with van der Waals surface area (Å²) in [6, 6.07) is 8.76. The van der Waals surface area contributed by atoms with Gasteiger partial charge in [0, 0.05) is 5.56 Å². The van der Waals surface area contributed by atoms with E-state index in [0.717, 1.165) is 18.1 Å². The predicted molar refractivity (Wildman–Crippen MR) is 79.6 cm³/mol. The van der Waals surface area contributed by atoms with Crippen LogP contribution in [0.25, 0.3) is 0 Å². The molecule has 102 valence electrons. The van der Waals surface area contributed by atoms with Crippen molar-refractivity contribution in [1.82, 2.24) is 5.32 Å². The Morgan fingerprint density at radius 3 is 2.26 bits per heavy atom. The third kappa shape index (κ3) is 2.59. The molecule has 1 aromatic carbocycles. The van der Waals surface area contributed by atoms with E-state index >= 15 is 0 Å². The molecular formula is C17H23NO. The molecule has 0 spiro atoms. The van der Waals surface area contributed by atoms with Gasteiger partial charge in [-0.05, 0) is 50.9 Å². The van der Waals surface area contributed by atoms with E-state index in [1.54, 1.807) is 0 Å². The zero-order chi connectivity index (χ0) is 14.0. The van der Waals surface area contributed by atoms with Crippen LogP contribution in [0, 0.1) is 27.7 Å². The van der Waals surface area contributed by atoms with Gasteiger partial charge in [-0.2, -0.15) is 0 Å². The van der Waals surface area contributed by atoms with Crippen molar-refractivity contribution in [3.63, 3.8) is 0 Å². The van der Waals surface area contributed by atoms with E-state index in [4.69, 9.17) is 4.42 Å². The van der Waals surface area contributed by atoms with Gasteiger partial charge >= 0.3 is 0 Å². The van der Waals surface area contributed by atoms with E-state index < -0.39 is 0 Å². The Hall–Kier alpha value is -1.54. The normalized spacial score (nSPS) is 12.7. The van der Waals surface area contributed by atoms with E-state index in [2.05, 4.69) is 57.3 Å². The Kier molecular flexibility index (Phi) is 4.11. The molecule has 0 saturated carbocycles. The lowest BCUT2D eigenvalue weighted by molar-refractivity contribution is 0.494. The van der Waals surface area contributed by atoms with E-state index in [1.165, 1.54) is 22.3 Å². The third-order valence-electron chi connectivity index (χ3n) is 3.81. The summed E-state index contributed by atoms with van der Waals surface area (Å²) in [5.41, 5.74) is 5.18. The van der Waals surface area contributed by atoms with Crippen LogP contribution in [0.4, 0.5) is 0 Å². The number of furan rings is 1. The second kappa shape index (κ2) is 5.62. The molecule has 0 radical (unpaired) electrons. The lowest BCUT2D eigenvalue weighted by atomic mass is 9.92. The minimum atomic E-state index is 0.212. The Balaban J connectivity index is 2.55. The molecule has 1 atom stereocenters. The summed E-state index contributed by atoms with van der Waals surface area (Å²) in [4.78, 5) is 0. The number of benzene rings is 1. The Morgan fingerprint density at radius 2 is 1.74 bits per heavy atom. The van der Waals surface area contributed by atoms with Crippen LogP contribution >= 0.6 is 0 Å². The number of rotatable bonds is 4. The summed E-state index contributed by atoms with van der Waals surface area (Å²) in [5.74, 6) is 2.04. The van der Waals surface area contributed by atoms with Gasteiger partial charge in [0.05, 0.1) is 6.04 Å². The van der Waals surface area contributed by atoms with Crippen LogP contribution in [0.15, 0.2) is 28.7 Å². The second-order valence-corrected chi connectivity index (χ2v) is 5.10. The monoisotopic (exact) mass is 257 g/mol. The van der Waals surface area contributed by atoms with Crippen molar-refractivity contribution in [2.24, 2.45) is 0 Å². The molecule has 0 saturated heterocycles. The van der Waals surface area contributed by atoms with Crippen molar-refractivity contribution in [2.75, 3.05) is 6.54 Å². The van der Waals surface area contributed by atoms with Gasteiger partial charge in [-0.1, -0.05) is 31.2 Å². The molecule has 0 aliphatic carbocycles. The van der Waals surface area contributed by atoms with Crippen molar-refractivity contribution in [1.29, 1.82) is 0 Å². The van der Waals surface area contributed by atoms with Gasteiger partial charge in [-0.15, -0.1) is 0 Å². The highest BCUT2D eigenvalue weighted by atomic mass is 16.3. The van der Waals surface area contributed by atoms with Crippen LogP contribution in [0.3, 0.4) is 0 Å². The highest BCUT2D eigenvalue weighted by Gasteiger charge is 2.22. The first-order valence-electron chi connectivity index (χ1n) is 6.91. The zero-order valence-corrected chi connectivity index (χ0v) is 12.5. The molecule has 1 heterocycles.